The fourth-order valence-electron chi connectivity index (χ4n) is 1.52. The Kier molecular flexibility index (Phi) is 52.9. The first kappa shape index (κ1) is 32.9. The Hall–Kier alpha value is -1.82. The number of ether oxygens (including phenoxy) is 1. The summed E-state index contributed by atoms with van der Waals surface area (Å²) in [6.07, 6.45) is 1.15. The number of benzene rings is 1. The van der Waals surface area contributed by atoms with Crippen LogP contribution in [0.5, 0.6) is 5.75 Å². The van der Waals surface area contributed by atoms with E-state index in [4.69, 9.17) is 59.6 Å². The van der Waals surface area contributed by atoms with Gasteiger partial charge in [-0.3, -0.25) is 0 Å². The molecule has 1 aliphatic rings. The number of para-hydroxylation sites is 1. The molecule has 0 saturated carbocycles. The summed E-state index contributed by atoms with van der Waals surface area (Å²) in [7, 11) is 0. The number of rotatable bonds is 0. The van der Waals surface area contributed by atoms with Gasteiger partial charge in [0.15, 0.2) is 0 Å². The van der Waals surface area contributed by atoms with Gasteiger partial charge in [-0.05, 0) is 24.0 Å². The Morgan fingerprint density at radius 1 is 0.739 bits per heavy atom. The van der Waals surface area contributed by atoms with E-state index >= 15 is 0 Å². The molecule has 0 spiro atoms. The first-order valence-corrected chi connectivity index (χ1v) is 4.95. The predicted molar refractivity (Wildman–Crippen MR) is 58.3 cm³/mol. The van der Waals surface area contributed by atoms with E-state index in [1.807, 2.05) is 12.1 Å². The van der Waals surface area contributed by atoms with Crippen LogP contribution in [-0.4, -0.2) is 6.61 Å². The van der Waals surface area contributed by atoms with Gasteiger partial charge in [-0.25, -0.2) is 0 Å². The summed E-state index contributed by atoms with van der Waals surface area (Å²) in [5.41, 5.74) is 1.36. The quantitative estimate of drug-likeness (QED) is 0.423. The Morgan fingerprint density at radius 2 is 1.13 bits per heavy atom. The van der Waals surface area contributed by atoms with Crippen LogP contribution in [0.4, 0.5) is 54.9 Å². The molecule has 1 nitrogen and oxygen atoms in total. The molecule has 0 saturated heterocycles. The van der Waals surface area contributed by atoms with Crippen molar-refractivity contribution in [2.45, 2.75) is 19.3 Å². The van der Waals surface area contributed by atoms with E-state index in [2.05, 4.69) is 19.1 Å². The smallest absolute Gasteiger partial charge is 0.122 e. The van der Waals surface area contributed by atoms with Crippen molar-refractivity contribution in [2.75, 3.05) is 6.61 Å². The molecule has 1 heterocycles. The van der Waals surface area contributed by atoms with Crippen molar-refractivity contribution in [1.82, 2.24) is 0 Å². The molecule has 1 atom stereocenters. The van der Waals surface area contributed by atoms with E-state index in [1.165, 1.54) is 5.56 Å². The van der Waals surface area contributed by atoms with Crippen LogP contribution in [0.25, 0.3) is 0 Å². The van der Waals surface area contributed by atoms with E-state index in [-0.39, 0.29) is 0 Å². The lowest BCUT2D eigenvalue weighted by atomic mass is 9.95. The van der Waals surface area contributed by atoms with Crippen LogP contribution in [0.15, 0.2) is 24.3 Å². The van der Waals surface area contributed by atoms with Crippen molar-refractivity contribution in [3.05, 3.63) is 29.8 Å². The first-order chi connectivity index (χ1) is 11.4. The van der Waals surface area contributed by atoms with Gasteiger partial charge in [0.25, 0.3) is 0 Å². The summed E-state index contributed by atoms with van der Waals surface area (Å²) in [6.45, 7) is 3.12. The molecule has 23 heavy (non-hydrogen) atoms. The Balaban J connectivity index is -0.0000000771. The second kappa shape index (κ2) is 36.9. The van der Waals surface area contributed by atoms with Crippen molar-refractivity contribution in [3.8, 4) is 5.75 Å². The molecule has 0 radical (unpaired) electrons. The largest absolute Gasteiger partial charge is 0.493 e. The van der Waals surface area contributed by atoms with Crippen LogP contribution in [0, 0.1) is 0 Å². The maximum atomic E-state index is 8.00. The van der Waals surface area contributed by atoms with Gasteiger partial charge in [0.1, 0.15) is 5.75 Å². The molecule has 1 aromatic carbocycles. The van der Waals surface area contributed by atoms with Crippen LogP contribution >= 0.6 is 0 Å². The van der Waals surface area contributed by atoms with E-state index in [0.29, 0.717) is 5.92 Å². The molecule has 0 unspecified atom stereocenters. The second-order valence-electron chi connectivity index (χ2n) is 3.08. The van der Waals surface area contributed by atoms with Gasteiger partial charge < -0.3 is 4.74 Å². The number of hydrogen-bond acceptors (Lipinski definition) is 1. The number of hydrogen-bond donors (Lipinski definition) is 0. The van der Waals surface area contributed by atoms with Crippen LogP contribution in [0.2, 0.25) is 0 Å². The lowest BCUT2D eigenvalue weighted by Gasteiger charge is -2.22. The van der Waals surface area contributed by atoms with Gasteiger partial charge in [0, 0.05) is 54.9 Å². The molecule has 0 aromatic heterocycles. The van der Waals surface area contributed by atoms with Crippen LogP contribution in [-0.2, 0) is 0 Å². The molecule has 1 aliphatic heterocycles. The third-order valence-corrected chi connectivity index (χ3v) is 2.26. The molecule has 0 aliphatic carbocycles. The van der Waals surface area contributed by atoms with Gasteiger partial charge in [-0.1, -0.05) is 25.1 Å². The zero-order chi connectivity index (χ0) is 19.7. The summed E-state index contributed by atoms with van der Waals surface area (Å²) in [4.78, 5) is 0. The van der Waals surface area contributed by atoms with Gasteiger partial charge in [0.05, 0.1) is 6.61 Å². The average molecular weight is 376 g/mol. The van der Waals surface area contributed by atoms with Gasteiger partial charge in [-0.2, -0.15) is 0 Å². The molecule has 13 heteroatoms. The summed E-state index contributed by atoms with van der Waals surface area (Å²) < 4.78 is 101. The number of fused-ring (bicyclic) bond motifs is 1. The molecule has 0 amide bonds. The van der Waals surface area contributed by atoms with Crippen molar-refractivity contribution in [2.24, 2.45) is 0 Å². The fourth-order valence-corrected chi connectivity index (χ4v) is 1.52. The summed E-state index contributed by atoms with van der Waals surface area (Å²) in [5, 5.41) is 0. The standard InChI is InChI=1S/C10H12O.6F2/c1-8-6-7-11-10-5-3-2-4-9(8)10;6*1-2/h2-5,8H,6-7H2,1H3;;;;;;/t8-;;;;;;/m0....../s1. The highest BCUT2D eigenvalue weighted by molar-refractivity contribution is 5.37. The van der Waals surface area contributed by atoms with E-state index < -0.39 is 0 Å². The highest BCUT2D eigenvalue weighted by Gasteiger charge is 2.15. The lowest BCUT2D eigenvalue weighted by Crippen LogP contribution is -2.11. The minimum Gasteiger partial charge on any atom is -0.493 e. The van der Waals surface area contributed by atoms with E-state index in [0.717, 1.165) is 18.8 Å². The zero-order valence-electron chi connectivity index (χ0n) is 11.2. The molecule has 0 fully saturated rings. The van der Waals surface area contributed by atoms with Gasteiger partial charge in [-0.15, -0.1) is 0 Å². The van der Waals surface area contributed by atoms with E-state index in [9.17, 15) is 0 Å². The first-order valence-electron chi connectivity index (χ1n) is 4.95. The minimum atomic E-state index is 0.667. The van der Waals surface area contributed by atoms with Gasteiger partial charge >= 0.3 is 0 Å². The molecule has 1 aromatic rings. The van der Waals surface area contributed by atoms with Crippen molar-refractivity contribution < 1.29 is 59.6 Å². The van der Waals surface area contributed by atoms with Crippen LogP contribution in [0.1, 0.15) is 24.8 Å². The lowest BCUT2D eigenvalue weighted by molar-refractivity contribution is 0.108. The fraction of sp³-hybridized carbons (Fsp3) is 0.400. The van der Waals surface area contributed by atoms with Crippen molar-refractivity contribution in [3.63, 3.8) is 0 Å². The van der Waals surface area contributed by atoms with E-state index in [1.54, 1.807) is 0 Å². The Labute approximate surface area is 122 Å². The summed E-state index contributed by atoms with van der Waals surface area (Å²) in [6, 6.07) is 8.30. The van der Waals surface area contributed by atoms with Crippen LogP contribution in [0.3, 0.4) is 0 Å². The average Bonchev–Trinajstić information content (AvgIpc) is 2.72. The second-order valence-corrected chi connectivity index (χ2v) is 3.08. The van der Waals surface area contributed by atoms with Gasteiger partial charge in [0.2, 0.25) is 0 Å². The highest BCUT2D eigenvalue weighted by atomic mass is 20.0. The summed E-state index contributed by atoms with van der Waals surface area (Å²) in [5.74, 6) is 1.74. The van der Waals surface area contributed by atoms with Crippen molar-refractivity contribution in [1.29, 1.82) is 0 Å². The molecule has 0 N–H and O–H groups in total. The molecule has 142 valence electrons. The maximum Gasteiger partial charge on any atom is 0.122 e. The molecular weight excluding hydrogens is 364 g/mol. The van der Waals surface area contributed by atoms with Crippen LogP contribution < -0.4 is 4.74 Å². The number of halogens is 12. The topological polar surface area (TPSA) is 9.23 Å². The molecule has 0 bridgehead atoms. The summed E-state index contributed by atoms with van der Waals surface area (Å²) >= 11 is 0. The monoisotopic (exact) mass is 376 g/mol. The normalized spacial score (nSPS) is 12.1. The predicted octanol–water partition coefficient (Wildman–Crippen LogP) is 7.62. The third-order valence-electron chi connectivity index (χ3n) is 2.26. The molecule has 2 rings (SSSR count). The third kappa shape index (κ3) is 18.1. The highest BCUT2D eigenvalue weighted by Crippen LogP contribution is 2.32. The minimum absolute atomic E-state index is 0.667. The zero-order valence-corrected chi connectivity index (χ0v) is 11.2. The van der Waals surface area contributed by atoms with Crippen molar-refractivity contribution >= 4 is 0 Å². The Bertz CT molecular complexity index is 278. The molecular formula is C10H12F12O. The maximum absolute atomic E-state index is 8.00. The Morgan fingerprint density at radius 3 is 1.52 bits per heavy atom. The SMILES string of the molecule is C[C@H]1CCOc2ccccc21.FF.FF.FF.FF.FF.FF.